The number of hydrogen-bond donors (Lipinski definition) is 0. The second-order valence-corrected chi connectivity index (χ2v) is 8.11. The standard InChI is InChI=1S/C22H18Cl2F2N4O2/c1-13-19(20(24)30(27-13)16-5-2-14(25)3-6-16)22(32)29-10-8-28(9-11-29)21(31)17-7-4-15(26)12-18(17)23/h2-7,12H,8-11H2,1H3. The van der Waals surface area contributed by atoms with Gasteiger partial charge in [0.2, 0.25) is 0 Å². The predicted molar refractivity (Wildman–Crippen MR) is 116 cm³/mol. The molecule has 4 rings (SSSR count). The van der Waals surface area contributed by atoms with E-state index in [1.54, 1.807) is 16.7 Å². The van der Waals surface area contributed by atoms with E-state index in [0.29, 0.717) is 37.6 Å². The number of benzene rings is 2. The van der Waals surface area contributed by atoms with Crippen molar-refractivity contribution < 1.29 is 18.4 Å². The Kier molecular flexibility index (Phi) is 6.17. The number of amides is 2. The van der Waals surface area contributed by atoms with Crippen LogP contribution in [-0.2, 0) is 0 Å². The number of carbonyl (C=O) groups is 2. The van der Waals surface area contributed by atoms with E-state index < -0.39 is 5.82 Å². The molecule has 1 saturated heterocycles. The number of aryl methyl sites for hydroxylation is 1. The molecule has 1 aromatic heterocycles. The zero-order valence-electron chi connectivity index (χ0n) is 17.0. The Bertz CT molecular complexity index is 1190. The van der Waals surface area contributed by atoms with Gasteiger partial charge in [-0.2, -0.15) is 5.10 Å². The second-order valence-electron chi connectivity index (χ2n) is 7.35. The lowest BCUT2D eigenvalue weighted by Crippen LogP contribution is -2.50. The first-order chi connectivity index (χ1) is 15.3. The average molecular weight is 479 g/mol. The fraction of sp³-hybridized carbons (Fsp3) is 0.227. The summed E-state index contributed by atoms with van der Waals surface area (Å²) >= 11 is 12.5. The Balaban J connectivity index is 1.48. The van der Waals surface area contributed by atoms with Crippen molar-refractivity contribution in [2.45, 2.75) is 6.92 Å². The van der Waals surface area contributed by atoms with Gasteiger partial charge >= 0.3 is 0 Å². The Morgan fingerprint density at radius 3 is 2.03 bits per heavy atom. The molecule has 0 atom stereocenters. The Hall–Kier alpha value is -2.97. The van der Waals surface area contributed by atoms with Gasteiger partial charge in [-0.25, -0.2) is 13.5 Å². The normalized spacial score (nSPS) is 14.0. The summed E-state index contributed by atoms with van der Waals surface area (Å²) < 4.78 is 27.9. The van der Waals surface area contributed by atoms with Gasteiger partial charge in [0.05, 0.1) is 27.5 Å². The van der Waals surface area contributed by atoms with E-state index in [1.807, 2.05) is 0 Å². The molecule has 1 aliphatic heterocycles. The van der Waals surface area contributed by atoms with E-state index in [1.165, 1.54) is 41.1 Å². The SMILES string of the molecule is Cc1nn(-c2ccc(F)cc2)c(Cl)c1C(=O)N1CCN(C(=O)c2ccc(F)cc2Cl)CC1. The summed E-state index contributed by atoms with van der Waals surface area (Å²) in [5.74, 6) is -1.52. The molecule has 2 amide bonds. The van der Waals surface area contributed by atoms with Crippen molar-refractivity contribution in [3.05, 3.63) is 81.1 Å². The van der Waals surface area contributed by atoms with Crippen LogP contribution in [0.15, 0.2) is 42.5 Å². The van der Waals surface area contributed by atoms with E-state index in [0.717, 1.165) is 6.07 Å². The van der Waals surface area contributed by atoms with Crippen molar-refractivity contribution >= 4 is 35.0 Å². The molecule has 0 aliphatic carbocycles. The number of nitrogens with zero attached hydrogens (tertiary/aromatic N) is 4. The smallest absolute Gasteiger partial charge is 0.259 e. The molecule has 0 spiro atoms. The quantitative estimate of drug-likeness (QED) is 0.561. The van der Waals surface area contributed by atoms with Gasteiger partial charge < -0.3 is 9.80 Å². The lowest BCUT2D eigenvalue weighted by molar-refractivity contribution is 0.0535. The summed E-state index contributed by atoms with van der Waals surface area (Å²) in [5, 5.41) is 4.51. The summed E-state index contributed by atoms with van der Waals surface area (Å²) in [6.07, 6.45) is 0. The topological polar surface area (TPSA) is 58.4 Å². The van der Waals surface area contributed by atoms with Crippen molar-refractivity contribution in [2.24, 2.45) is 0 Å². The van der Waals surface area contributed by atoms with Crippen molar-refractivity contribution in [1.29, 1.82) is 0 Å². The number of halogens is 4. The molecule has 10 heteroatoms. The number of aromatic nitrogens is 2. The highest BCUT2D eigenvalue weighted by molar-refractivity contribution is 6.34. The number of piperazine rings is 1. The molecule has 1 aliphatic rings. The van der Waals surface area contributed by atoms with Crippen LogP contribution in [0.5, 0.6) is 0 Å². The molecular weight excluding hydrogens is 461 g/mol. The number of rotatable bonds is 3. The highest BCUT2D eigenvalue weighted by atomic mass is 35.5. The summed E-state index contributed by atoms with van der Waals surface area (Å²) in [7, 11) is 0. The molecule has 0 saturated carbocycles. The number of carbonyl (C=O) groups excluding carboxylic acids is 2. The minimum Gasteiger partial charge on any atom is -0.335 e. The van der Waals surface area contributed by atoms with E-state index in [2.05, 4.69) is 5.10 Å². The van der Waals surface area contributed by atoms with Gasteiger partial charge in [0.15, 0.2) is 0 Å². The van der Waals surface area contributed by atoms with E-state index >= 15 is 0 Å². The van der Waals surface area contributed by atoms with Crippen molar-refractivity contribution in [3.8, 4) is 5.69 Å². The van der Waals surface area contributed by atoms with Crippen LogP contribution in [0.4, 0.5) is 8.78 Å². The minimum atomic E-state index is -0.518. The van der Waals surface area contributed by atoms with Gasteiger partial charge in [-0.3, -0.25) is 9.59 Å². The minimum absolute atomic E-state index is 0.0455. The first kappa shape index (κ1) is 22.2. The fourth-order valence-electron chi connectivity index (χ4n) is 3.60. The molecule has 0 unspecified atom stereocenters. The lowest BCUT2D eigenvalue weighted by atomic mass is 10.1. The van der Waals surface area contributed by atoms with Crippen molar-refractivity contribution in [3.63, 3.8) is 0 Å². The molecule has 1 fully saturated rings. The molecule has 3 aromatic rings. The summed E-state index contributed by atoms with van der Waals surface area (Å²) in [5.41, 5.74) is 1.45. The zero-order chi connectivity index (χ0) is 23.0. The summed E-state index contributed by atoms with van der Waals surface area (Å²) in [6.45, 7) is 2.85. The van der Waals surface area contributed by atoms with Gasteiger partial charge in [0, 0.05) is 26.2 Å². The number of hydrogen-bond acceptors (Lipinski definition) is 3. The molecule has 2 aromatic carbocycles. The molecule has 32 heavy (non-hydrogen) atoms. The average Bonchev–Trinajstić information content (AvgIpc) is 3.07. The third kappa shape index (κ3) is 4.20. The molecule has 2 heterocycles. The van der Waals surface area contributed by atoms with Gasteiger partial charge in [-0.1, -0.05) is 23.2 Å². The van der Waals surface area contributed by atoms with E-state index in [-0.39, 0.29) is 38.9 Å². The van der Waals surface area contributed by atoms with Crippen LogP contribution in [0.3, 0.4) is 0 Å². The van der Waals surface area contributed by atoms with Crippen LogP contribution < -0.4 is 0 Å². The summed E-state index contributed by atoms with van der Waals surface area (Å²) in [6, 6.07) is 9.24. The third-order valence-electron chi connectivity index (χ3n) is 5.30. The first-order valence-electron chi connectivity index (χ1n) is 9.81. The summed E-state index contributed by atoms with van der Waals surface area (Å²) in [4.78, 5) is 29.0. The monoisotopic (exact) mass is 478 g/mol. The maximum absolute atomic E-state index is 13.3. The maximum Gasteiger partial charge on any atom is 0.259 e. The van der Waals surface area contributed by atoms with E-state index in [9.17, 15) is 18.4 Å². The highest BCUT2D eigenvalue weighted by Gasteiger charge is 2.30. The molecule has 166 valence electrons. The van der Waals surface area contributed by atoms with Gasteiger partial charge in [-0.15, -0.1) is 0 Å². The molecule has 0 N–H and O–H groups in total. The largest absolute Gasteiger partial charge is 0.335 e. The van der Waals surface area contributed by atoms with Crippen molar-refractivity contribution in [2.75, 3.05) is 26.2 Å². The van der Waals surface area contributed by atoms with Crippen LogP contribution in [0.2, 0.25) is 10.2 Å². The molecule has 0 radical (unpaired) electrons. The van der Waals surface area contributed by atoms with Crippen molar-refractivity contribution in [1.82, 2.24) is 19.6 Å². The molecular formula is C22H18Cl2F2N4O2. The fourth-order valence-corrected chi connectivity index (χ4v) is 4.20. The van der Waals surface area contributed by atoms with Crippen LogP contribution in [-0.4, -0.2) is 57.6 Å². The maximum atomic E-state index is 13.3. The lowest BCUT2D eigenvalue weighted by Gasteiger charge is -2.35. The van der Waals surface area contributed by atoms with Gasteiger partial charge in [-0.05, 0) is 49.4 Å². The van der Waals surface area contributed by atoms with Gasteiger partial charge in [0.1, 0.15) is 16.8 Å². The van der Waals surface area contributed by atoms with Crippen LogP contribution in [0, 0.1) is 18.6 Å². The highest BCUT2D eigenvalue weighted by Crippen LogP contribution is 2.26. The molecule has 0 bridgehead atoms. The predicted octanol–water partition coefficient (Wildman–Crippen LogP) is 4.36. The molecule has 6 nitrogen and oxygen atoms in total. The Labute approximate surface area is 192 Å². The Morgan fingerprint density at radius 1 is 0.875 bits per heavy atom. The Morgan fingerprint density at radius 2 is 1.44 bits per heavy atom. The van der Waals surface area contributed by atoms with E-state index in [4.69, 9.17) is 23.2 Å². The second kappa shape index (κ2) is 8.88. The van der Waals surface area contributed by atoms with Crippen LogP contribution in [0.25, 0.3) is 5.69 Å². The third-order valence-corrected chi connectivity index (χ3v) is 5.97. The first-order valence-corrected chi connectivity index (χ1v) is 10.6. The van der Waals surface area contributed by atoms with Crippen LogP contribution >= 0.6 is 23.2 Å². The van der Waals surface area contributed by atoms with Crippen LogP contribution in [0.1, 0.15) is 26.4 Å². The van der Waals surface area contributed by atoms with Gasteiger partial charge in [0.25, 0.3) is 11.8 Å². The zero-order valence-corrected chi connectivity index (χ0v) is 18.5.